The smallest absolute Gasteiger partial charge is 0.252 e. The van der Waals surface area contributed by atoms with Gasteiger partial charge in [0.1, 0.15) is 5.82 Å². The largest absolute Gasteiger partial charge is 0.351 e. The van der Waals surface area contributed by atoms with Gasteiger partial charge in [0.25, 0.3) is 5.91 Å². The molecule has 0 unspecified atom stereocenters. The number of thioether (sulfide) groups is 1. The minimum atomic E-state index is -0.347. The third-order valence-electron chi connectivity index (χ3n) is 3.22. The van der Waals surface area contributed by atoms with Gasteiger partial charge in [0.15, 0.2) is 0 Å². The first-order valence-corrected chi connectivity index (χ1v) is 8.36. The first kappa shape index (κ1) is 14.9. The minimum Gasteiger partial charge on any atom is -0.351 e. The number of nitrogens with one attached hydrogen (secondary N) is 1. The Morgan fingerprint density at radius 3 is 2.84 bits per heavy atom. The Balaban J connectivity index is 1.74. The number of hydrogen-bond acceptors (Lipinski definition) is 2. The molecule has 1 aliphatic rings. The summed E-state index contributed by atoms with van der Waals surface area (Å²) >= 11 is 5.15. The molecular weight excluding hydrogens is 329 g/mol. The second-order valence-corrected chi connectivity index (χ2v) is 6.92. The average Bonchev–Trinajstić information content (AvgIpc) is 2.87. The van der Waals surface area contributed by atoms with Gasteiger partial charge in [-0.15, -0.1) is 0 Å². The van der Waals surface area contributed by atoms with Crippen LogP contribution >= 0.6 is 27.7 Å². The molecule has 0 heterocycles. The maximum absolute atomic E-state index is 12.9. The third kappa shape index (κ3) is 4.49. The normalized spacial score (nSPS) is 15.7. The van der Waals surface area contributed by atoms with Gasteiger partial charge in [-0.25, -0.2) is 4.39 Å². The van der Waals surface area contributed by atoms with Crippen molar-refractivity contribution in [2.45, 2.75) is 30.9 Å². The fourth-order valence-electron chi connectivity index (χ4n) is 2.21. The summed E-state index contributed by atoms with van der Waals surface area (Å²) < 4.78 is 13.4. The molecule has 0 aromatic heterocycles. The van der Waals surface area contributed by atoms with E-state index in [4.69, 9.17) is 0 Å². The van der Waals surface area contributed by atoms with Crippen molar-refractivity contribution in [1.82, 2.24) is 5.32 Å². The van der Waals surface area contributed by atoms with Crippen molar-refractivity contribution >= 4 is 33.6 Å². The zero-order valence-electron chi connectivity index (χ0n) is 10.6. The standard InChI is InChI=1S/C14H17BrFNOS/c15-13-9-10(16)5-6-12(13)14(18)17-7-8-19-11-3-1-2-4-11/h5-6,9,11H,1-4,7-8H2,(H,17,18). The topological polar surface area (TPSA) is 29.1 Å². The highest BCUT2D eigenvalue weighted by molar-refractivity contribution is 9.10. The van der Waals surface area contributed by atoms with Crippen LogP contribution in [0.1, 0.15) is 36.0 Å². The second-order valence-electron chi connectivity index (χ2n) is 4.66. The molecule has 0 spiro atoms. The maximum atomic E-state index is 12.9. The van der Waals surface area contributed by atoms with E-state index in [1.807, 2.05) is 11.8 Å². The fraction of sp³-hybridized carbons (Fsp3) is 0.500. The Hall–Kier alpha value is -0.550. The molecule has 5 heteroatoms. The molecule has 1 fully saturated rings. The van der Waals surface area contributed by atoms with E-state index in [1.165, 1.54) is 43.9 Å². The predicted octanol–water partition coefficient (Wildman–Crippen LogP) is 3.99. The average molecular weight is 346 g/mol. The van der Waals surface area contributed by atoms with Crippen molar-refractivity contribution in [3.05, 3.63) is 34.1 Å². The lowest BCUT2D eigenvalue weighted by atomic mass is 10.2. The van der Waals surface area contributed by atoms with Gasteiger partial charge in [0.2, 0.25) is 0 Å². The molecule has 2 rings (SSSR count). The molecule has 1 amide bonds. The number of benzene rings is 1. The number of carbonyl (C=O) groups excluding carboxylic acids is 1. The molecule has 0 saturated heterocycles. The van der Waals surface area contributed by atoms with Crippen molar-refractivity contribution < 1.29 is 9.18 Å². The predicted molar refractivity (Wildman–Crippen MR) is 81.1 cm³/mol. The van der Waals surface area contributed by atoms with Crippen molar-refractivity contribution in [2.75, 3.05) is 12.3 Å². The van der Waals surface area contributed by atoms with E-state index in [1.54, 1.807) is 0 Å². The SMILES string of the molecule is O=C(NCCSC1CCCC1)c1ccc(F)cc1Br. The number of amides is 1. The highest BCUT2D eigenvalue weighted by Crippen LogP contribution is 2.28. The summed E-state index contributed by atoms with van der Waals surface area (Å²) in [5, 5.41) is 3.64. The van der Waals surface area contributed by atoms with E-state index in [2.05, 4.69) is 21.2 Å². The van der Waals surface area contributed by atoms with Crippen LogP contribution in [0.15, 0.2) is 22.7 Å². The summed E-state index contributed by atoms with van der Waals surface area (Å²) in [7, 11) is 0. The van der Waals surface area contributed by atoms with E-state index >= 15 is 0 Å². The van der Waals surface area contributed by atoms with Crippen LogP contribution < -0.4 is 5.32 Å². The second kappa shape index (κ2) is 7.29. The quantitative estimate of drug-likeness (QED) is 0.817. The molecular formula is C14H17BrFNOS. The van der Waals surface area contributed by atoms with Gasteiger partial charge in [0, 0.05) is 22.0 Å². The van der Waals surface area contributed by atoms with E-state index in [-0.39, 0.29) is 11.7 Å². The van der Waals surface area contributed by atoms with E-state index < -0.39 is 0 Å². The van der Waals surface area contributed by atoms with E-state index in [0.717, 1.165) is 11.0 Å². The first-order chi connectivity index (χ1) is 9.16. The van der Waals surface area contributed by atoms with Crippen LogP contribution in [0, 0.1) is 5.82 Å². The monoisotopic (exact) mass is 345 g/mol. The lowest BCUT2D eigenvalue weighted by molar-refractivity contribution is 0.0955. The molecule has 1 saturated carbocycles. The molecule has 0 bridgehead atoms. The Morgan fingerprint density at radius 1 is 1.42 bits per heavy atom. The zero-order valence-corrected chi connectivity index (χ0v) is 13.0. The van der Waals surface area contributed by atoms with E-state index in [0.29, 0.717) is 16.6 Å². The zero-order chi connectivity index (χ0) is 13.7. The summed E-state index contributed by atoms with van der Waals surface area (Å²) in [4.78, 5) is 11.9. The van der Waals surface area contributed by atoms with Crippen LogP contribution in [0.25, 0.3) is 0 Å². The summed E-state index contributed by atoms with van der Waals surface area (Å²) in [6.07, 6.45) is 5.29. The van der Waals surface area contributed by atoms with Crippen LogP contribution in [0.4, 0.5) is 4.39 Å². The maximum Gasteiger partial charge on any atom is 0.252 e. The van der Waals surface area contributed by atoms with E-state index in [9.17, 15) is 9.18 Å². The van der Waals surface area contributed by atoms with Crippen molar-refractivity contribution in [1.29, 1.82) is 0 Å². The van der Waals surface area contributed by atoms with Crippen molar-refractivity contribution in [3.63, 3.8) is 0 Å². The Bertz CT molecular complexity index is 449. The third-order valence-corrected chi connectivity index (χ3v) is 5.26. The molecule has 1 aromatic rings. The van der Waals surface area contributed by atoms with Crippen LogP contribution in [0.3, 0.4) is 0 Å². The summed E-state index contributed by atoms with van der Waals surface area (Å²) in [5.41, 5.74) is 0.479. The van der Waals surface area contributed by atoms with Crippen molar-refractivity contribution in [2.24, 2.45) is 0 Å². The van der Waals surface area contributed by atoms with Crippen LogP contribution in [0.2, 0.25) is 0 Å². The minimum absolute atomic E-state index is 0.154. The highest BCUT2D eigenvalue weighted by Gasteiger charge is 2.15. The van der Waals surface area contributed by atoms with Gasteiger partial charge in [-0.05, 0) is 47.0 Å². The Labute approximate surface area is 125 Å². The molecule has 104 valence electrons. The van der Waals surface area contributed by atoms with Crippen LogP contribution in [0.5, 0.6) is 0 Å². The molecule has 1 aliphatic carbocycles. The van der Waals surface area contributed by atoms with Crippen LogP contribution in [-0.2, 0) is 0 Å². The Morgan fingerprint density at radius 2 is 2.16 bits per heavy atom. The number of carbonyl (C=O) groups is 1. The molecule has 2 nitrogen and oxygen atoms in total. The lowest BCUT2D eigenvalue weighted by Gasteiger charge is -2.10. The summed E-state index contributed by atoms with van der Waals surface area (Å²) in [5.74, 6) is 0.439. The fourth-order valence-corrected chi connectivity index (χ4v) is 3.96. The highest BCUT2D eigenvalue weighted by atomic mass is 79.9. The van der Waals surface area contributed by atoms with Crippen molar-refractivity contribution in [3.8, 4) is 0 Å². The van der Waals surface area contributed by atoms with Gasteiger partial charge in [-0.3, -0.25) is 4.79 Å². The van der Waals surface area contributed by atoms with Gasteiger partial charge >= 0.3 is 0 Å². The van der Waals surface area contributed by atoms with Gasteiger partial charge < -0.3 is 5.32 Å². The molecule has 1 N–H and O–H groups in total. The summed E-state index contributed by atoms with van der Waals surface area (Å²) in [6, 6.07) is 4.11. The van der Waals surface area contributed by atoms with Gasteiger partial charge in [-0.2, -0.15) is 11.8 Å². The van der Waals surface area contributed by atoms with Gasteiger partial charge in [-0.1, -0.05) is 12.8 Å². The molecule has 0 aliphatic heterocycles. The number of rotatable bonds is 5. The van der Waals surface area contributed by atoms with Crippen LogP contribution in [-0.4, -0.2) is 23.5 Å². The molecule has 0 atom stereocenters. The lowest BCUT2D eigenvalue weighted by Crippen LogP contribution is -2.26. The number of halogens is 2. The summed E-state index contributed by atoms with van der Waals surface area (Å²) in [6.45, 7) is 0.657. The first-order valence-electron chi connectivity index (χ1n) is 6.51. The number of hydrogen-bond donors (Lipinski definition) is 1. The molecule has 19 heavy (non-hydrogen) atoms. The van der Waals surface area contributed by atoms with Gasteiger partial charge in [0.05, 0.1) is 5.56 Å². The molecule has 0 radical (unpaired) electrons. The Kier molecular flexibility index (Phi) is 5.70. The molecule has 1 aromatic carbocycles.